The van der Waals surface area contributed by atoms with Crippen LogP contribution in [0.3, 0.4) is 0 Å². The van der Waals surface area contributed by atoms with E-state index >= 15 is 0 Å². The molecule has 3 aromatic rings. The van der Waals surface area contributed by atoms with Crippen LogP contribution in [0, 0.1) is 11.6 Å². The van der Waals surface area contributed by atoms with Gasteiger partial charge in [-0.3, -0.25) is 0 Å². The van der Waals surface area contributed by atoms with Crippen molar-refractivity contribution in [2.24, 2.45) is 0 Å². The minimum Gasteiger partial charge on any atom is -0.386 e. The summed E-state index contributed by atoms with van der Waals surface area (Å²) in [6, 6.07) is 10.4. The van der Waals surface area contributed by atoms with Crippen molar-refractivity contribution >= 4 is 36.2 Å². The van der Waals surface area contributed by atoms with Crippen LogP contribution >= 0.6 is 24.8 Å². The Balaban J connectivity index is 0.00000128. The Bertz CT molecular complexity index is 999. The average Bonchev–Trinajstić information content (AvgIpc) is 3.42. The maximum Gasteiger partial charge on any atom is 0.146 e. The summed E-state index contributed by atoms with van der Waals surface area (Å²) < 4.78 is 28.0. The van der Waals surface area contributed by atoms with E-state index in [-0.39, 0.29) is 36.4 Å². The summed E-state index contributed by atoms with van der Waals surface area (Å²) in [6.45, 7) is 0. The van der Waals surface area contributed by atoms with Gasteiger partial charge in [-0.05, 0) is 78.6 Å². The number of fused-ring (bicyclic) bond motifs is 5. The van der Waals surface area contributed by atoms with Crippen LogP contribution in [0.4, 0.5) is 20.2 Å². The van der Waals surface area contributed by atoms with E-state index in [9.17, 15) is 8.78 Å². The van der Waals surface area contributed by atoms with Gasteiger partial charge in [0.2, 0.25) is 0 Å². The molecule has 2 aliphatic rings. The number of halogens is 4. The molecule has 3 N–H and O–H groups in total. The van der Waals surface area contributed by atoms with Crippen LogP contribution in [0.25, 0.3) is 22.5 Å². The molecule has 5 rings (SSSR count). The first-order valence-electron chi connectivity index (χ1n) is 9.81. The van der Waals surface area contributed by atoms with Crippen LogP contribution in [0.5, 0.6) is 0 Å². The van der Waals surface area contributed by atoms with Crippen LogP contribution in [0.2, 0.25) is 0 Å². The minimum absolute atomic E-state index is 0. The average molecular weight is 452 g/mol. The Kier molecular flexibility index (Phi) is 6.34. The highest BCUT2D eigenvalue weighted by Gasteiger charge is 2.42. The zero-order chi connectivity index (χ0) is 19.4. The molecule has 1 saturated carbocycles. The summed E-state index contributed by atoms with van der Waals surface area (Å²) >= 11 is 0. The van der Waals surface area contributed by atoms with Crippen LogP contribution in [-0.4, -0.2) is 19.1 Å². The summed E-state index contributed by atoms with van der Waals surface area (Å²) in [5.74, 6) is 0.585. The molecule has 0 spiro atoms. The largest absolute Gasteiger partial charge is 0.386 e. The number of H-pyrrole nitrogens is 1. The van der Waals surface area contributed by atoms with Gasteiger partial charge in [0.05, 0.1) is 11.4 Å². The molecule has 0 amide bonds. The van der Waals surface area contributed by atoms with Gasteiger partial charge in [-0.2, -0.15) is 0 Å². The molecule has 1 fully saturated rings. The normalized spacial score (nSPS) is 18.4. The Labute approximate surface area is 187 Å². The smallest absolute Gasteiger partial charge is 0.146 e. The quantitative estimate of drug-likeness (QED) is 0.402. The number of aromatic amines is 1. The third kappa shape index (κ3) is 3.34. The number of aromatic nitrogens is 1. The van der Waals surface area contributed by atoms with E-state index in [1.165, 1.54) is 42.5 Å². The van der Waals surface area contributed by atoms with Gasteiger partial charge >= 0.3 is 0 Å². The second kappa shape index (κ2) is 8.48. The molecule has 7 heteroatoms. The molecular weight excluding hydrogens is 427 g/mol. The van der Waals surface area contributed by atoms with Gasteiger partial charge in [0.25, 0.3) is 0 Å². The first-order valence-corrected chi connectivity index (χ1v) is 9.81. The number of rotatable bonds is 4. The van der Waals surface area contributed by atoms with Crippen molar-refractivity contribution in [1.29, 1.82) is 0 Å². The van der Waals surface area contributed by atoms with Crippen molar-refractivity contribution in [2.75, 3.05) is 24.7 Å². The van der Waals surface area contributed by atoms with Crippen molar-refractivity contribution in [2.45, 2.75) is 31.1 Å². The molecule has 2 unspecified atom stereocenters. The zero-order valence-electron chi connectivity index (χ0n) is 16.8. The zero-order valence-corrected chi connectivity index (χ0v) is 18.4. The predicted octanol–water partition coefficient (Wildman–Crippen LogP) is 6.92. The third-order valence-electron chi connectivity index (χ3n) is 6.38. The van der Waals surface area contributed by atoms with Crippen molar-refractivity contribution in [3.05, 3.63) is 59.2 Å². The molecule has 0 radical (unpaired) electrons. The SMILES string of the molecule is CNc1cc(-c2[nH]c(-c3ccc(F)c(NC)c3)c3c2C2CCC3C2)ccc1F.Cl.Cl. The van der Waals surface area contributed by atoms with Crippen molar-refractivity contribution in [3.63, 3.8) is 0 Å². The molecule has 3 nitrogen and oxygen atoms in total. The molecule has 0 aliphatic heterocycles. The molecule has 2 aromatic carbocycles. The molecule has 2 atom stereocenters. The molecule has 1 aromatic heterocycles. The molecular formula is C23H25Cl2F2N3. The highest BCUT2D eigenvalue weighted by atomic mass is 35.5. The highest BCUT2D eigenvalue weighted by Crippen LogP contribution is 2.58. The van der Waals surface area contributed by atoms with Crippen LogP contribution < -0.4 is 10.6 Å². The minimum atomic E-state index is -0.256. The van der Waals surface area contributed by atoms with E-state index in [0.717, 1.165) is 22.5 Å². The summed E-state index contributed by atoms with van der Waals surface area (Å²) in [5, 5.41) is 5.86. The van der Waals surface area contributed by atoms with Crippen molar-refractivity contribution in [3.8, 4) is 22.5 Å². The highest BCUT2D eigenvalue weighted by molar-refractivity contribution is 5.85. The van der Waals surface area contributed by atoms with Crippen molar-refractivity contribution < 1.29 is 8.78 Å². The third-order valence-corrected chi connectivity index (χ3v) is 6.38. The van der Waals surface area contributed by atoms with Gasteiger partial charge < -0.3 is 15.6 Å². The van der Waals surface area contributed by atoms with E-state index in [1.54, 1.807) is 14.1 Å². The van der Waals surface area contributed by atoms with Crippen LogP contribution in [-0.2, 0) is 0 Å². The number of hydrogen-bond acceptors (Lipinski definition) is 2. The maximum atomic E-state index is 14.0. The van der Waals surface area contributed by atoms with Gasteiger partial charge in [0, 0.05) is 36.6 Å². The number of hydrogen-bond donors (Lipinski definition) is 3. The molecule has 0 saturated heterocycles. The Hall–Kier alpha value is -2.24. The van der Waals surface area contributed by atoms with Crippen LogP contribution in [0.1, 0.15) is 42.2 Å². The second-order valence-electron chi connectivity index (χ2n) is 7.80. The summed E-state index contributed by atoms with van der Waals surface area (Å²) in [4.78, 5) is 3.63. The van der Waals surface area contributed by atoms with E-state index in [2.05, 4.69) is 15.6 Å². The van der Waals surface area contributed by atoms with Gasteiger partial charge in [0.1, 0.15) is 11.6 Å². The van der Waals surface area contributed by atoms with E-state index < -0.39 is 0 Å². The number of benzene rings is 2. The number of nitrogens with one attached hydrogen (secondary N) is 3. The molecule has 2 aliphatic carbocycles. The van der Waals surface area contributed by atoms with Gasteiger partial charge in [-0.25, -0.2) is 8.78 Å². The fourth-order valence-corrected chi connectivity index (χ4v) is 5.08. The monoisotopic (exact) mass is 451 g/mol. The molecule has 1 heterocycles. The summed E-state index contributed by atoms with van der Waals surface area (Å²) in [7, 11) is 3.46. The van der Waals surface area contributed by atoms with E-state index in [1.807, 2.05) is 24.3 Å². The van der Waals surface area contributed by atoms with Crippen molar-refractivity contribution in [1.82, 2.24) is 4.98 Å². The Morgan fingerprint density at radius 1 is 0.767 bits per heavy atom. The number of anilines is 2. The predicted molar refractivity (Wildman–Crippen MR) is 125 cm³/mol. The van der Waals surface area contributed by atoms with E-state index in [0.29, 0.717) is 23.2 Å². The molecule has 2 bridgehead atoms. The van der Waals surface area contributed by atoms with Gasteiger partial charge in [-0.15, -0.1) is 24.8 Å². The summed E-state index contributed by atoms with van der Waals surface area (Å²) in [5.41, 5.74) is 7.83. The topological polar surface area (TPSA) is 39.9 Å². The van der Waals surface area contributed by atoms with Gasteiger partial charge in [0.15, 0.2) is 0 Å². The lowest BCUT2D eigenvalue weighted by atomic mass is 9.89. The lowest BCUT2D eigenvalue weighted by molar-refractivity contribution is 0.631. The maximum absolute atomic E-state index is 14.0. The first kappa shape index (κ1) is 22.4. The standard InChI is InChI=1S/C23H23F2N3.2ClH/c1-26-18-10-14(5-7-16(18)24)22-20-12-3-4-13(9-12)21(20)23(28-22)15-6-8-17(25)19(11-15)27-2;;/h5-8,10-13,26-28H,3-4,9H2,1-2H3;2*1H. The Morgan fingerprint density at radius 2 is 1.20 bits per heavy atom. The summed E-state index contributed by atoms with van der Waals surface area (Å²) in [6.07, 6.45) is 3.58. The lowest BCUT2D eigenvalue weighted by Crippen LogP contribution is -1.98. The molecule has 160 valence electrons. The second-order valence-corrected chi connectivity index (χ2v) is 7.80. The fraction of sp³-hybridized carbons (Fsp3) is 0.304. The molecule has 30 heavy (non-hydrogen) atoms. The fourth-order valence-electron chi connectivity index (χ4n) is 5.08. The Morgan fingerprint density at radius 3 is 1.60 bits per heavy atom. The first-order chi connectivity index (χ1) is 13.6. The van der Waals surface area contributed by atoms with E-state index in [4.69, 9.17) is 0 Å². The van der Waals surface area contributed by atoms with Crippen LogP contribution in [0.15, 0.2) is 36.4 Å². The lowest BCUT2D eigenvalue weighted by Gasteiger charge is -2.14. The van der Waals surface area contributed by atoms with Gasteiger partial charge in [-0.1, -0.05) is 0 Å².